The van der Waals surface area contributed by atoms with Gasteiger partial charge in [-0.15, -0.1) is 11.3 Å². The highest BCUT2D eigenvalue weighted by Gasteiger charge is 2.23. The fourth-order valence-electron chi connectivity index (χ4n) is 3.47. The quantitative estimate of drug-likeness (QED) is 0.521. The van der Waals surface area contributed by atoms with Crippen LogP contribution in [0.25, 0.3) is 10.1 Å². The first kappa shape index (κ1) is 20.9. The molecule has 1 aliphatic heterocycles. The Morgan fingerprint density at radius 1 is 1.10 bits per heavy atom. The molecule has 1 N–H and O–H groups in total. The third-order valence-electron chi connectivity index (χ3n) is 5.16. The normalized spacial score (nSPS) is 15.8. The largest absolute Gasteiger partial charge is 0.369 e. The number of likely N-dealkylation sites (N-methyl/N-ethyl adjacent to an activating group) is 1. The van der Waals surface area contributed by atoms with Crippen molar-refractivity contribution in [3.05, 3.63) is 51.5 Å². The fourth-order valence-corrected chi connectivity index (χ4v) is 6.94. The van der Waals surface area contributed by atoms with Crippen molar-refractivity contribution in [3.8, 4) is 0 Å². The van der Waals surface area contributed by atoms with Crippen LogP contribution in [-0.2, 0) is 10.0 Å². The Hall–Kier alpha value is -1.32. The molecule has 0 saturated carbocycles. The van der Waals surface area contributed by atoms with Crippen LogP contribution < -0.4 is 9.62 Å². The van der Waals surface area contributed by atoms with Crippen LogP contribution in [0.3, 0.4) is 0 Å². The minimum atomic E-state index is -3.73. The SMILES string of the molecule is Cc1c(S(=O)(=O)Nc2cc(N3CCN(C)CC3)ccc2Br)sc2ccc(Cl)cc12. The lowest BCUT2D eigenvalue weighted by Gasteiger charge is -2.34. The standard InChI is InChI=1S/C20H21BrClN3O2S2/c1-13-16-11-14(22)3-6-19(16)28-20(13)29(26,27)23-18-12-15(4-5-17(18)21)25-9-7-24(2)8-10-25/h3-6,11-12,23H,7-10H2,1-2H3. The first-order valence-corrected chi connectivity index (χ1v) is 12.7. The van der Waals surface area contributed by atoms with Gasteiger partial charge in [-0.1, -0.05) is 11.6 Å². The van der Waals surface area contributed by atoms with E-state index in [2.05, 4.69) is 37.5 Å². The molecular weight excluding hydrogens is 494 g/mol. The molecule has 2 aromatic carbocycles. The molecule has 1 saturated heterocycles. The zero-order valence-corrected chi connectivity index (χ0v) is 20.1. The summed E-state index contributed by atoms with van der Waals surface area (Å²) in [6.45, 7) is 5.63. The van der Waals surface area contributed by atoms with E-state index in [-0.39, 0.29) is 0 Å². The molecule has 154 valence electrons. The number of anilines is 2. The Balaban J connectivity index is 1.66. The second kappa shape index (κ2) is 8.07. The maximum absolute atomic E-state index is 13.2. The summed E-state index contributed by atoms with van der Waals surface area (Å²) in [5.41, 5.74) is 2.27. The number of nitrogens with zero attached hydrogens (tertiary/aromatic N) is 2. The molecule has 0 unspecified atom stereocenters. The van der Waals surface area contributed by atoms with E-state index in [1.165, 1.54) is 11.3 Å². The summed E-state index contributed by atoms with van der Waals surface area (Å²) in [4.78, 5) is 4.56. The summed E-state index contributed by atoms with van der Waals surface area (Å²) >= 11 is 10.8. The fraction of sp³-hybridized carbons (Fsp3) is 0.300. The first-order chi connectivity index (χ1) is 13.7. The molecule has 0 radical (unpaired) electrons. The van der Waals surface area contributed by atoms with Crippen molar-refractivity contribution < 1.29 is 8.42 Å². The smallest absolute Gasteiger partial charge is 0.271 e. The molecule has 0 amide bonds. The second-order valence-electron chi connectivity index (χ2n) is 7.21. The molecule has 4 rings (SSSR count). The number of hydrogen-bond acceptors (Lipinski definition) is 5. The van der Waals surface area contributed by atoms with E-state index in [0.29, 0.717) is 25.0 Å². The van der Waals surface area contributed by atoms with Crippen LogP contribution in [0.2, 0.25) is 5.02 Å². The summed E-state index contributed by atoms with van der Waals surface area (Å²) < 4.78 is 31.1. The van der Waals surface area contributed by atoms with Crippen LogP contribution in [0.4, 0.5) is 11.4 Å². The third-order valence-corrected chi connectivity index (χ3v) is 9.35. The van der Waals surface area contributed by atoms with E-state index < -0.39 is 10.0 Å². The average Bonchev–Trinajstić information content (AvgIpc) is 3.01. The molecule has 3 aromatic rings. The third kappa shape index (κ3) is 4.27. The summed E-state index contributed by atoms with van der Waals surface area (Å²) in [6.07, 6.45) is 0. The van der Waals surface area contributed by atoms with Gasteiger partial charge in [0, 0.05) is 46.1 Å². The number of nitrogens with one attached hydrogen (secondary N) is 1. The zero-order chi connectivity index (χ0) is 20.8. The molecule has 5 nitrogen and oxygen atoms in total. The molecular formula is C20H21BrClN3O2S2. The molecule has 2 heterocycles. The molecule has 0 spiro atoms. The number of hydrogen-bond donors (Lipinski definition) is 1. The van der Waals surface area contributed by atoms with E-state index in [1.807, 2.05) is 37.3 Å². The van der Waals surface area contributed by atoms with Crippen LogP contribution in [0, 0.1) is 6.92 Å². The highest BCUT2D eigenvalue weighted by Crippen LogP contribution is 2.37. The average molecular weight is 515 g/mol. The van der Waals surface area contributed by atoms with Gasteiger partial charge in [0.05, 0.1) is 5.69 Å². The second-order valence-corrected chi connectivity index (χ2v) is 11.4. The van der Waals surface area contributed by atoms with Gasteiger partial charge in [0.2, 0.25) is 0 Å². The van der Waals surface area contributed by atoms with Crippen LogP contribution in [-0.4, -0.2) is 46.5 Å². The van der Waals surface area contributed by atoms with Gasteiger partial charge in [0.25, 0.3) is 10.0 Å². The summed E-state index contributed by atoms with van der Waals surface area (Å²) in [5, 5.41) is 1.46. The monoisotopic (exact) mass is 513 g/mol. The highest BCUT2D eigenvalue weighted by atomic mass is 79.9. The molecule has 0 aliphatic carbocycles. The topological polar surface area (TPSA) is 52.7 Å². The number of piperazine rings is 1. The van der Waals surface area contributed by atoms with Crippen molar-refractivity contribution in [3.63, 3.8) is 0 Å². The predicted octanol–water partition coefficient (Wildman–Crippen LogP) is 5.18. The predicted molar refractivity (Wildman–Crippen MR) is 126 cm³/mol. The number of sulfonamides is 1. The van der Waals surface area contributed by atoms with E-state index in [1.54, 1.807) is 6.07 Å². The van der Waals surface area contributed by atoms with Gasteiger partial charge in [-0.3, -0.25) is 4.72 Å². The van der Waals surface area contributed by atoms with E-state index in [9.17, 15) is 8.42 Å². The number of benzene rings is 2. The van der Waals surface area contributed by atoms with Gasteiger partial charge in [-0.05, 0) is 77.2 Å². The number of fused-ring (bicyclic) bond motifs is 1. The first-order valence-electron chi connectivity index (χ1n) is 9.19. The van der Waals surface area contributed by atoms with Gasteiger partial charge in [0.1, 0.15) is 4.21 Å². The zero-order valence-electron chi connectivity index (χ0n) is 16.1. The van der Waals surface area contributed by atoms with Crippen molar-refractivity contribution in [2.75, 3.05) is 42.8 Å². The lowest BCUT2D eigenvalue weighted by atomic mass is 10.2. The number of aryl methyl sites for hydroxylation is 1. The van der Waals surface area contributed by atoms with Gasteiger partial charge >= 0.3 is 0 Å². The van der Waals surface area contributed by atoms with Gasteiger partial charge < -0.3 is 9.80 Å². The molecule has 1 aliphatic rings. The van der Waals surface area contributed by atoms with Crippen molar-refractivity contribution in [1.29, 1.82) is 0 Å². The summed E-state index contributed by atoms with van der Waals surface area (Å²) in [5.74, 6) is 0. The minimum Gasteiger partial charge on any atom is -0.369 e. The lowest BCUT2D eigenvalue weighted by Crippen LogP contribution is -2.44. The molecule has 29 heavy (non-hydrogen) atoms. The van der Waals surface area contributed by atoms with Gasteiger partial charge in [-0.2, -0.15) is 0 Å². The number of halogens is 2. The molecule has 0 atom stereocenters. The van der Waals surface area contributed by atoms with Crippen molar-refractivity contribution in [2.45, 2.75) is 11.1 Å². The number of rotatable bonds is 4. The maximum Gasteiger partial charge on any atom is 0.271 e. The van der Waals surface area contributed by atoms with Crippen LogP contribution in [0.1, 0.15) is 5.56 Å². The minimum absolute atomic E-state index is 0.312. The maximum atomic E-state index is 13.2. The Kier molecular flexibility index (Phi) is 5.83. The van der Waals surface area contributed by atoms with E-state index in [4.69, 9.17) is 11.6 Å². The summed E-state index contributed by atoms with van der Waals surface area (Å²) in [6, 6.07) is 11.2. The molecule has 0 bridgehead atoms. The Bertz CT molecular complexity index is 1170. The van der Waals surface area contributed by atoms with E-state index >= 15 is 0 Å². The molecule has 1 aromatic heterocycles. The van der Waals surface area contributed by atoms with Crippen molar-refractivity contribution in [2.24, 2.45) is 0 Å². The summed E-state index contributed by atoms with van der Waals surface area (Å²) in [7, 11) is -1.62. The Labute approximate surface area is 188 Å². The lowest BCUT2D eigenvalue weighted by molar-refractivity contribution is 0.313. The van der Waals surface area contributed by atoms with Crippen LogP contribution in [0.15, 0.2) is 45.1 Å². The number of thiophene rings is 1. The Morgan fingerprint density at radius 3 is 2.55 bits per heavy atom. The van der Waals surface area contributed by atoms with E-state index in [0.717, 1.165) is 42.0 Å². The highest BCUT2D eigenvalue weighted by molar-refractivity contribution is 9.10. The van der Waals surface area contributed by atoms with Gasteiger partial charge in [-0.25, -0.2) is 8.42 Å². The van der Waals surface area contributed by atoms with Crippen molar-refractivity contribution in [1.82, 2.24) is 4.90 Å². The van der Waals surface area contributed by atoms with Crippen LogP contribution in [0.5, 0.6) is 0 Å². The van der Waals surface area contributed by atoms with Crippen LogP contribution >= 0.6 is 38.9 Å². The van der Waals surface area contributed by atoms with Crippen molar-refractivity contribution >= 4 is 70.4 Å². The Morgan fingerprint density at radius 2 is 1.83 bits per heavy atom. The molecule has 9 heteroatoms. The molecule has 1 fully saturated rings. The van der Waals surface area contributed by atoms with Gasteiger partial charge in [0.15, 0.2) is 0 Å².